The molecule has 0 aromatic heterocycles. The van der Waals surface area contributed by atoms with E-state index in [0.29, 0.717) is 17.7 Å². The lowest BCUT2D eigenvalue weighted by molar-refractivity contribution is -0.137. The van der Waals surface area contributed by atoms with Crippen molar-refractivity contribution in [1.82, 2.24) is 5.01 Å². The number of methoxy groups -OCH3 is 1. The van der Waals surface area contributed by atoms with Gasteiger partial charge in [0.15, 0.2) is 0 Å². The summed E-state index contributed by atoms with van der Waals surface area (Å²) in [5.41, 5.74) is 1.01. The second-order valence-corrected chi connectivity index (χ2v) is 6.72. The molecule has 2 aromatic carbocycles. The van der Waals surface area contributed by atoms with Crippen molar-refractivity contribution in [3.63, 3.8) is 0 Å². The van der Waals surface area contributed by atoms with E-state index in [1.807, 2.05) is 35.3 Å². The van der Waals surface area contributed by atoms with Crippen molar-refractivity contribution >= 4 is 0 Å². The van der Waals surface area contributed by atoms with E-state index in [2.05, 4.69) is 0 Å². The number of nitrogens with two attached hydrogens (primary N) is 1. The first-order valence-corrected chi connectivity index (χ1v) is 8.70. The molecule has 0 spiro atoms. The van der Waals surface area contributed by atoms with E-state index in [1.54, 1.807) is 0 Å². The Labute approximate surface area is 151 Å². The van der Waals surface area contributed by atoms with Crippen molar-refractivity contribution in [2.24, 2.45) is 11.8 Å². The van der Waals surface area contributed by atoms with Crippen LogP contribution >= 0.6 is 0 Å². The standard InChI is InChI=1S/C20H23F3N2O/c1-26-18-10-9-17(20(21,22)23)13-16(18)12-15-8-5-11-25(24)19(15)14-6-3-2-4-7-14/h2-4,6-7,9-10,13,15,19H,5,8,11-12,24H2,1H3/t15-,19+/m0/s1. The Hall–Kier alpha value is -2.05. The highest BCUT2D eigenvalue weighted by atomic mass is 19.4. The summed E-state index contributed by atoms with van der Waals surface area (Å²) in [6, 6.07) is 13.5. The molecule has 0 saturated carbocycles. The summed E-state index contributed by atoms with van der Waals surface area (Å²) in [6.07, 6.45) is -2.05. The first-order chi connectivity index (χ1) is 12.4. The van der Waals surface area contributed by atoms with E-state index in [1.165, 1.54) is 19.2 Å². The maximum absolute atomic E-state index is 13.1. The molecule has 1 saturated heterocycles. The molecule has 1 heterocycles. The van der Waals surface area contributed by atoms with Crippen LogP contribution in [0.1, 0.15) is 35.6 Å². The molecule has 0 bridgehead atoms. The topological polar surface area (TPSA) is 38.5 Å². The highest BCUT2D eigenvalue weighted by molar-refractivity contribution is 5.39. The van der Waals surface area contributed by atoms with Gasteiger partial charge in [0, 0.05) is 6.54 Å². The Morgan fingerprint density at radius 2 is 1.88 bits per heavy atom. The van der Waals surface area contributed by atoms with Gasteiger partial charge in [0.25, 0.3) is 0 Å². The third-order valence-corrected chi connectivity index (χ3v) is 5.03. The number of hydrogen-bond acceptors (Lipinski definition) is 3. The predicted molar refractivity (Wildman–Crippen MR) is 94.5 cm³/mol. The molecule has 0 unspecified atom stereocenters. The molecule has 2 N–H and O–H groups in total. The molecular formula is C20H23F3N2O. The van der Waals surface area contributed by atoms with Crippen molar-refractivity contribution < 1.29 is 17.9 Å². The van der Waals surface area contributed by atoms with Gasteiger partial charge in [-0.2, -0.15) is 13.2 Å². The molecule has 1 aliphatic rings. The van der Waals surface area contributed by atoms with Gasteiger partial charge < -0.3 is 4.74 Å². The van der Waals surface area contributed by atoms with Crippen molar-refractivity contribution in [1.29, 1.82) is 0 Å². The number of halogens is 3. The number of piperidine rings is 1. The van der Waals surface area contributed by atoms with Crippen molar-refractivity contribution in [2.45, 2.75) is 31.5 Å². The molecule has 1 fully saturated rings. The summed E-state index contributed by atoms with van der Waals surface area (Å²) in [5, 5.41) is 1.81. The maximum Gasteiger partial charge on any atom is 0.416 e. The molecule has 1 aliphatic heterocycles. The van der Waals surface area contributed by atoms with Crippen LogP contribution in [0.3, 0.4) is 0 Å². The van der Waals surface area contributed by atoms with Gasteiger partial charge in [-0.25, -0.2) is 5.01 Å². The third kappa shape index (κ3) is 4.02. The molecule has 0 radical (unpaired) electrons. The monoisotopic (exact) mass is 364 g/mol. The van der Waals surface area contributed by atoms with Gasteiger partial charge >= 0.3 is 6.18 Å². The van der Waals surface area contributed by atoms with Gasteiger partial charge in [0.2, 0.25) is 0 Å². The van der Waals surface area contributed by atoms with Crippen LogP contribution in [-0.2, 0) is 12.6 Å². The van der Waals surface area contributed by atoms with Crippen LogP contribution in [-0.4, -0.2) is 18.7 Å². The van der Waals surface area contributed by atoms with Crippen LogP contribution < -0.4 is 10.6 Å². The fraction of sp³-hybridized carbons (Fsp3) is 0.400. The molecule has 140 valence electrons. The Kier molecular flexibility index (Phi) is 5.53. The van der Waals surface area contributed by atoms with Gasteiger partial charge in [0.1, 0.15) is 5.75 Å². The minimum absolute atomic E-state index is 0.0239. The number of hydrogen-bond donors (Lipinski definition) is 1. The summed E-state index contributed by atoms with van der Waals surface area (Å²) in [7, 11) is 1.48. The molecule has 3 nitrogen and oxygen atoms in total. The number of rotatable bonds is 4. The molecule has 0 amide bonds. The Balaban J connectivity index is 1.93. The molecule has 26 heavy (non-hydrogen) atoms. The Morgan fingerprint density at radius 1 is 1.15 bits per heavy atom. The lowest BCUT2D eigenvalue weighted by Crippen LogP contribution is -2.44. The quantitative estimate of drug-likeness (QED) is 0.807. The highest BCUT2D eigenvalue weighted by Gasteiger charge is 2.34. The summed E-state index contributed by atoms with van der Waals surface area (Å²) >= 11 is 0. The van der Waals surface area contributed by atoms with Gasteiger partial charge in [-0.1, -0.05) is 30.3 Å². The minimum atomic E-state index is -4.37. The average molecular weight is 364 g/mol. The van der Waals surface area contributed by atoms with Gasteiger partial charge in [-0.05, 0) is 54.5 Å². The van der Waals surface area contributed by atoms with Crippen LogP contribution in [0, 0.1) is 5.92 Å². The Bertz CT molecular complexity index is 734. The first kappa shape index (κ1) is 18.7. The zero-order valence-corrected chi connectivity index (χ0v) is 14.7. The number of hydrazine groups is 1. The van der Waals surface area contributed by atoms with Crippen molar-refractivity contribution in [2.75, 3.05) is 13.7 Å². The molecule has 2 atom stereocenters. The van der Waals surface area contributed by atoms with E-state index >= 15 is 0 Å². The normalized spacial score (nSPS) is 21.6. The SMILES string of the molecule is COc1ccc(C(F)(F)F)cc1C[C@@H]1CCCN(N)[C@@H]1c1ccccc1. The molecule has 6 heteroatoms. The Morgan fingerprint density at radius 3 is 2.54 bits per heavy atom. The van der Waals surface area contributed by atoms with Crippen LogP contribution in [0.5, 0.6) is 5.75 Å². The van der Waals surface area contributed by atoms with E-state index < -0.39 is 11.7 Å². The zero-order valence-electron chi connectivity index (χ0n) is 14.7. The minimum Gasteiger partial charge on any atom is -0.496 e. The fourth-order valence-electron chi connectivity index (χ4n) is 3.83. The molecule has 3 rings (SSSR count). The zero-order chi connectivity index (χ0) is 18.7. The number of nitrogens with zero attached hydrogens (tertiary/aromatic N) is 1. The molecule has 0 aliphatic carbocycles. The van der Waals surface area contributed by atoms with Crippen LogP contribution in [0.2, 0.25) is 0 Å². The third-order valence-electron chi connectivity index (χ3n) is 5.03. The summed E-state index contributed by atoms with van der Waals surface area (Å²) in [5.74, 6) is 6.85. The maximum atomic E-state index is 13.1. The number of benzene rings is 2. The van der Waals surface area contributed by atoms with Crippen molar-refractivity contribution in [3.05, 3.63) is 65.2 Å². The van der Waals surface area contributed by atoms with E-state index in [0.717, 1.165) is 31.0 Å². The highest BCUT2D eigenvalue weighted by Crippen LogP contribution is 2.39. The lowest BCUT2D eigenvalue weighted by Gasteiger charge is -2.39. The number of ether oxygens (including phenoxy) is 1. The van der Waals surface area contributed by atoms with Gasteiger partial charge in [0.05, 0.1) is 18.7 Å². The van der Waals surface area contributed by atoms with E-state index in [4.69, 9.17) is 10.6 Å². The van der Waals surface area contributed by atoms with E-state index in [-0.39, 0.29) is 12.0 Å². The fourth-order valence-corrected chi connectivity index (χ4v) is 3.83. The number of alkyl halides is 3. The van der Waals surface area contributed by atoms with Gasteiger partial charge in [-0.15, -0.1) is 0 Å². The van der Waals surface area contributed by atoms with Crippen LogP contribution in [0.4, 0.5) is 13.2 Å². The summed E-state index contributed by atoms with van der Waals surface area (Å²) in [6.45, 7) is 0.774. The van der Waals surface area contributed by atoms with E-state index in [9.17, 15) is 13.2 Å². The molecular weight excluding hydrogens is 341 g/mol. The average Bonchev–Trinajstić information content (AvgIpc) is 2.62. The van der Waals surface area contributed by atoms with Crippen LogP contribution in [0.15, 0.2) is 48.5 Å². The van der Waals surface area contributed by atoms with Gasteiger partial charge in [-0.3, -0.25) is 5.84 Å². The largest absolute Gasteiger partial charge is 0.496 e. The van der Waals surface area contributed by atoms with Crippen LogP contribution in [0.25, 0.3) is 0 Å². The lowest BCUT2D eigenvalue weighted by atomic mass is 9.81. The second kappa shape index (κ2) is 7.68. The second-order valence-electron chi connectivity index (χ2n) is 6.72. The smallest absolute Gasteiger partial charge is 0.416 e. The molecule has 2 aromatic rings. The van der Waals surface area contributed by atoms with Crippen molar-refractivity contribution in [3.8, 4) is 5.75 Å². The first-order valence-electron chi connectivity index (χ1n) is 8.70. The predicted octanol–water partition coefficient (Wildman–Crippen LogP) is 4.58. The summed E-state index contributed by atoms with van der Waals surface area (Å²) < 4.78 is 44.7. The summed E-state index contributed by atoms with van der Waals surface area (Å²) in [4.78, 5) is 0.